The second-order valence-corrected chi connectivity index (χ2v) is 4.27. The van der Waals surface area contributed by atoms with Crippen molar-refractivity contribution < 1.29 is 19.4 Å². The number of hydrogen-bond acceptors (Lipinski definition) is 4. The zero-order chi connectivity index (χ0) is 15.1. The number of phenols is 1. The molecule has 0 aliphatic heterocycles. The van der Waals surface area contributed by atoms with Gasteiger partial charge in [0.1, 0.15) is 5.75 Å². The monoisotopic (exact) mass is 287 g/mol. The molecule has 0 fully saturated rings. The van der Waals surface area contributed by atoms with Crippen molar-refractivity contribution in [3.8, 4) is 17.2 Å². The van der Waals surface area contributed by atoms with Crippen LogP contribution in [0, 0.1) is 0 Å². The SMILES string of the molecule is CCOc1ccccc1OCC(=O)Nc1cccc(O)c1. The summed E-state index contributed by atoms with van der Waals surface area (Å²) in [7, 11) is 0. The van der Waals surface area contributed by atoms with Gasteiger partial charge in [-0.05, 0) is 31.2 Å². The van der Waals surface area contributed by atoms with Gasteiger partial charge in [-0.25, -0.2) is 0 Å². The molecule has 2 aromatic rings. The zero-order valence-corrected chi connectivity index (χ0v) is 11.7. The molecule has 0 unspecified atom stereocenters. The molecule has 0 aliphatic rings. The standard InChI is InChI=1S/C16H17NO4/c1-2-20-14-8-3-4-9-15(14)21-11-16(19)17-12-6-5-7-13(18)10-12/h3-10,18H,2,11H2,1H3,(H,17,19). The van der Waals surface area contributed by atoms with Crippen LogP contribution in [0.4, 0.5) is 5.69 Å². The van der Waals surface area contributed by atoms with Gasteiger partial charge in [-0.1, -0.05) is 18.2 Å². The Balaban J connectivity index is 1.92. The molecule has 0 bridgehead atoms. The minimum absolute atomic E-state index is 0.0930. The van der Waals surface area contributed by atoms with Crippen LogP contribution in [-0.2, 0) is 4.79 Å². The first-order chi connectivity index (χ1) is 10.2. The van der Waals surface area contributed by atoms with Crippen molar-refractivity contribution in [3.63, 3.8) is 0 Å². The van der Waals surface area contributed by atoms with Crippen LogP contribution in [0.15, 0.2) is 48.5 Å². The van der Waals surface area contributed by atoms with E-state index in [4.69, 9.17) is 9.47 Å². The summed E-state index contributed by atoms with van der Waals surface area (Å²) in [6, 6.07) is 13.5. The third-order valence-electron chi connectivity index (χ3n) is 2.64. The van der Waals surface area contributed by atoms with E-state index in [9.17, 15) is 9.90 Å². The summed E-state index contributed by atoms with van der Waals surface area (Å²) in [4.78, 5) is 11.8. The van der Waals surface area contributed by atoms with E-state index >= 15 is 0 Å². The van der Waals surface area contributed by atoms with Crippen LogP contribution in [0.25, 0.3) is 0 Å². The second-order valence-electron chi connectivity index (χ2n) is 4.27. The van der Waals surface area contributed by atoms with E-state index in [1.807, 2.05) is 19.1 Å². The molecule has 5 heteroatoms. The molecule has 0 saturated heterocycles. The van der Waals surface area contributed by atoms with E-state index < -0.39 is 0 Å². The summed E-state index contributed by atoms with van der Waals surface area (Å²) in [5.74, 6) is 0.901. The Morgan fingerprint density at radius 1 is 1.10 bits per heavy atom. The molecule has 110 valence electrons. The number of aromatic hydroxyl groups is 1. The molecule has 2 aromatic carbocycles. The van der Waals surface area contributed by atoms with Crippen LogP contribution >= 0.6 is 0 Å². The number of amides is 1. The van der Waals surface area contributed by atoms with Gasteiger partial charge in [0, 0.05) is 11.8 Å². The highest BCUT2D eigenvalue weighted by molar-refractivity contribution is 5.92. The van der Waals surface area contributed by atoms with Crippen molar-refractivity contribution in [2.45, 2.75) is 6.92 Å². The molecule has 2 rings (SSSR count). The Morgan fingerprint density at radius 3 is 2.48 bits per heavy atom. The van der Waals surface area contributed by atoms with Crippen molar-refractivity contribution in [2.75, 3.05) is 18.5 Å². The minimum Gasteiger partial charge on any atom is -0.508 e. The van der Waals surface area contributed by atoms with Crippen LogP contribution < -0.4 is 14.8 Å². The normalized spacial score (nSPS) is 9.95. The molecule has 0 aliphatic carbocycles. The molecule has 5 nitrogen and oxygen atoms in total. The Labute approximate surface area is 123 Å². The van der Waals surface area contributed by atoms with Gasteiger partial charge in [0.15, 0.2) is 18.1 Å². The fourth-order valence-corrected chi connectivity index (χ4v) is 1.77. The minimum atomic E-state index is -0.313. The van der Waals surface area contributed by atoms with Crippen molar-refractivity contribution >= 4 is 11.6 Å². The lowest BCUT2D eigenvalue weighted by molar-refractivity contribution is -0.118. The van der Waals surface area contributed by atoms with Crippen molar-refractivity contribution in [2.24, 2.45) is 0 Å². The number of para-hydroxylation sites is 2. The zero-order valence-electron chi connectivity index (χ0n) is 11.7. The number of nitrogens with one attached hydrogen (secondary N) is 1. The summed E-state index contributed by atoms with van der Waals surface area (Å²) in [5, 5.41) is 12.0. The fourth-order valence-electron chi connectivity index (χ4n) is 1.77. The van der Waals surface area contributed by atoms with Gasteiger partial charge in [0.2, 0.25) is 0 Å². The third kappa shape index (κ3) is 4.42. The molecular formula is C16H17NO4. The third-order valence-corrected chi connectivity index (χ3v) is 2.64. The summed E-state index contributed by atoms with van der Waals surface area (Å²) in [6.07, 6.45) is 0. The summed E-state index contributed by atoms with van der Waals surface area (Å²) >= 11 is 0. The summed E-state index contributed by atoms with van der Waals surface area (Å²) in [5.41, 5.74) is 0.515. The highest BCUT2D eigenvalue weighted by Crippen LogP contribution is 2.26. The number of ether oxygens (including phenoxy) is 2. The van der Waals surface area contributed by atoms with Crippen molar-refractivity contribution in [3.05, 3.63) is 48.5 Å². The maximum atomic E-state index is 11.8. The Kier molecular flexibility index (Phi) is 5.04. The quantitative estimate of drug-likeness (QED) is 0.857. The summed E-state index contributed by atoms with van der Waals surface area (Å²) in [6.45, 7) is 2.26. The van der Waals surface area contributed by atoms with Gasteiger partial charge in [-0.3, -0.25) is 4.79 Å². The lowest BCUT2D eigenvalue weighted by atomic mass is 10.3. The van der Waals surface area contributed by atoms with Crippen LogP contribution in [0.1, 0.15) is 6.92 Å². The number of hydrogen-bond donors (Lipinski definition) is 2. The van der Waals surface area contributed by atoms with E-state index in [2.05, 4.69) is 5.32 Å². The van der Waals surface area contributed by atoms with E-state index in [1.54, 1.807) is 24.3 Å². The Morgan fingerprint density at radius 2 is 1.81 bits per heavy atom. The number of benzene rings is 2. The predicted molar refractivity (Wildman–Crippen MR) is 79.8 cm³/mol. The first-order valence-electron chi connectivity index (χ1n) is 6.62. The van der Waals surface area contributed by atoms with Crippen LogP contribution in [0.2, 0.25) is 0 Å². The van der Waals surface area contributed by atoms with E-state index in [0.717, 1.165) is 0 Å². The van der Waals surface area contributed by atoms with E-state index in [1.165, 1.54) is 12.1 Å². The van der Waals surface area contributed by atoms with E-state index in [0.29, 0.717) is 23.8 Å². The van der Waals surface area contributed by atoms with Gasteiger partial charge in [0.25, 0.3) is 5.91 Å². The number of anilines is 1. The number of rotatable bonds is 6. The Hall–Kier alpha value is -2.69. The van der Waals surface area contributed by atoms with Crippen LogP contribution in [0.3, 0.4) is 0 Å². The first-order valence-corrected chi connectivity index (χ1v) is 6.62. The average molecular weight is 287 g/mol. The lowest BCUT2D eigenvalue weighted by Crippen LogP contribution is -2.20. The number of carbonyl (C=O) groups is 1. The van der Waals surface area contributed by atoms with Crippen molar-refractivity contribution in [1.82, 2.24) is 0 Å². The molecule has 0 radical (unpaired) electrons. The van der Waals surface area contributed by atoms with Gasteiger partial charge in [0.05, 0.1) is 6.61 Å². The highest BCUT2D eigenvalue weighted by Gasteiger charge is 2.07. The summed E-state index contributed by atoms with van der Waals surface area (Å²) < 4.78 is 10.9. The smallest absolute Gasteiger partial charge is 0.262 e. The van der Waals surface area contributed by atoms with Gasteiger partial charge >= 0.3 is 0 Å². The highest BCUT2D eigenvalue weighted by atomic mass is 16.5. The predicted octanol–water partition coefficient (Wildman–Crippen LogP) is 2.81. The average Bonchev–Trinajstić information content (AvgIpc) is 2.47. The lowest BCUT2D eigenvalue weighted by Gasteiger charge is -2.11. The molecule has 0 saturated carbocycles. The maximum absolute atomic E-state index is 11.8. The number of carbonyl (C=O) groups excluding carboxylic acids is 1. The number of phenolic OH excluding ortho intramolecular Hbond substituents is 1. The molecular weight excluding hydrogens is 270 g/mol. The molecule has 0 spiro atoms. The topological polar surface area (TPSA) is 67.8 Å². The molecule has 2 N–H and O–H groups in total. The molecule has 0 atom stereocenters. The van der Waals surface area contributed by atoms with Crippen molar-refractivity contribution in [1.29, 1.82) is 0 Å². The molecule has 0 heterocycles. The second kappa shape index (κ2) is 7.19. The maximum Gasteiger partial charge on any atom is 0.262 e. The van der Waals surface area contributed by atoms with Gasteiger partial charge in [-0.15, -0.1) is 0 Å². The van der Waals surface area contributed by atoms with E-state index in [-0.39, 0.29) is 18.3 Å². The molecule has 0 aromatic heterocycles. The Bertz CT molecular complexity index is 613. The van der Waals surface area contributed by atoms with Crippen LogP contribution in [-0.4, -0.2) is 24.2 Å². The molecule has 21 heavy (non-hydrogen) atoms. The van der Waals surface area contributed by atoms with Gasteiger partial charge in [-0.2, -0.15) is 0 Å². The molecule has 1 amide bonds. The van der Waals surface area contributed by atoms with Gasteiger partial charge < -0.3 is 19.9 Å². The fraction of sp³-hybridized carbons (Fsp3) is 0.188. The largest absolute Gasteiger partial charge is 0.508 e. The van der Waals surface area contributed by atoms with Crippen LogP contribution in [0.5, 0.6) is 17.2 Å². The first kappa shape index (κ1) is 14.7.